The molecule has 2 aromatic carbocycles. The minimum Gasteiger partial charge on any atom is -0.494 e. The van der Waals surface area contributed by atoms with Gasteiger partial charge in [0.15, 0.2) is 0 Å². The molecular formula is C31H38Cl2N4O5. The highest BCUT2D eigenvalue weighted by molar-refractivity contribution is 6.33. The highest BCUT2D eigenvalue weighted by Crippen LogP contribution is 2.38. The highest BCUT2D eigenvalue weighted by Gasteiger charge is 2.30. The van der Waals surface area contributed by atoms with Crippen molar-refractivity contribution < 1.29 is 24.2 Å². The fourth-order valence-electron chi connectivity index (χ4n) is 4.14. The van der Waals surface area contributed by atoms with Gasteiger partial charge in [0.2, 0.25) is 0 Å². The van der Waals surface area contributed by atoms with Crippen LogP contribution in [0, 0.1) is 5.41 Å². The number of carbonyl (C=O) groups is 2. The number of carbonyl (C=O) groups excluding carboxylic acids is 1. The van der Waals surface area contributed by atoms with E-state index in [1.165, 1.54) is 6.20 Å². The predicted octanol–water partition coefficient (Wildman–Crippen LogP) is 6.47. The number of aliphatic carboxylic acids is 1. The molecule has 3 rings (SSSR count). The maximum atomic E-state index is 13.4. The van der Waals surface area contributed by atoms with Gasteiger partial charge >= 0.3 is 5.97 Å². The Morgan fingerprint density at radius 2 is 1.76 bits per heavy atom. The van der Waals surface area contributed by atoms with Crippen molar-refractivity contribution in [2.75, 3.05) is 33.9 Å². The van der Waals surface area contributed by atoms with Gasteiger partial charge in [0.25, 0.3) is 5.91 Å². The van der Waals surface area contributed by atoms with E-state index in [-0.39, 0.29) is 12.1 Å². The number of carboxylic acid groups (broad SMARTS) is 1. The van der Waals surface area contributed by atoms with Crippen LogP contribution in [-0.2, 0) is 4.79 Å². The molecule has 0 aliphatic rings. The number of benzene rings is 2. The Labute approximate surface area is 257 Å². The van der Waals surface area contributed by atoms with Crippen LogP contribution < -0.4 is 14.8 Å². The van der Waals surface area contributed by atoms with Gasteiger partial charge in [-0.3, -0.25) is 14.6 Å². The normalized spacial score (nSPS) is 12.2. The van der Waals surface area contributed by atoms with Gasteiger partial charge in [-0.25, -0.2) is 4.98 Å². The molecule has 0 bridgehead atoms. The maximum absolute atomic E-state index is 13.4. The SMILES string of the molecule is CCOc1ccc(Cl)c(-c2ncc(C(=O)N[C@@H](CC(=O)O)C(C)(C)C)nc2-c2ccc(Cl)c(OCCCN(C)C)c2)c1. The molecule has 1 atom stereocenters. The first-order valence-electron chi connectivity index (χ1n) is 13.7. The molecule has 0 saturated carbocycles. The summed E-state index contributed by atoms with van der Waals surface area (Å²) in [5.74, 6) is -0.478. The van der Waals surface area contributed by atoms with E-state index in [1.807, 2.05) is 41.8 Å². The number of amides is 1. The van der Waals surface area contributed by atoms with Crippen molar-refractivity contribution in [2.24, 2.45) is 5.41 Å². The Morgan fingerprint density at radius 1 is 1.05 bits per heavy atom. The number of halogens is 2. The Balaban J connectivity index is 2.10. The molecule has 2 N–H and O–H groups in total. The van der Waals surface area contributed by atoms with E-state index < -0.39 is 23.3 Å². The summed E-state index contributed by atoms with van der Waals surface area (Å²) in [5.41, 5.74) is 1.49. The minimum atomic E-state index is -1.01. The third-order valence-electron chi connectivity index (χ3n) is 6.45. The van der Waals surface area contributed by atoms with Crippen molar-refractivity contribution in [1.29, 1.82) is 0 Å². The number of carboxylic acids is 1. The average molecular weight is 618 g/mol. The van der Waals surface area contributed by atoms with Crippen molar-refractivity contribution in [3.05, 3.63) is 58.3 Å². The van der Waals surface area contributed by atoms with Gasteiger partial charge in [-0.1, -0.05) is 50.0 Å². The summed E-state index contributed by atoms with van der Waals surface area (Å²) in [7, 11) is 3.99. The second-order valence-electron chi connectivity index (χ2n) is 11.2. The van der Waals surface area contributed by atoms with Crippen molar-refractivity contribution in [3.63, 3.8) is 0 Å². The Bertz CT molecular complexity index is 1410. The van der Waals surface area contributed by atoms with Crippen molar-refractivity contribution in [3.8, 4) is 34.0 Å². The van der Waals surface area contributed by atoms with Crippen LogP contribution in [0.25, 0.3) is 22.5 Å². The fourth-order valence-corrected chi connectivity index (χ4v) is 4.52. The molecule has 0 saturated heterocycles. The quantitative estimate of drug-likeness (QED) is 0.210. The lowest BCUT2D eigenvalue weighted by atomic mass is 9.84. The number of hydrogen-bond acceptors (Lipinski definition) is 7. The lowest BCUT2D eigenvalue weighted by Gasteiger charge is -2.30. The van der Waals surface area contributed by atoms with Crippen LogP contribution in [0.1, 0.15) is 51.0 Å². The Morgan fingerprint density at radius 3 is 2.40 bits per heavy atom. The van der Waals surface area contributed by atoms with Gasteiger partial charge < -0.3 is 24.8 Å². The number of nitrogens with zero attached hydrogens (tertiary/aromatic N) is 3. The fraction of sp³-hybridized carbons (Fsp3) is 0.419. The van der Waals surface area contributed by atoms with E-state index in [0.29, 0.717) is 57.3 Å². The minimum absolute atomic E-state index is 0.0221. The third kappa shape index (κ3) is 9.05. The topological polar surface area (TPSA) is 114 Å². The van der Waals surface area contributed by atoms with Crippen molar-refractivity contribution >= 4 is 35.1 Å². The van der Waals surface area contributed by atoms with Crippen LogP contribution >= 0.6 is 23.2 Å². The maximum Gasteiger partial charge on any atom is 0.305 e. The van der Waals surface area contributed by atoms with E-state index in [2.05, 4.69) is 15.2 Å². The van der Waals surface area contributed by atoms with Crippen molar-refractivity contribution in [1.82, 2.24) is 20.2 Å². The molecule has 42 heavy (non-hydrogen) atoms. The standard InChI is InChI=1S/C31H38Cl2N4O5/c1-7-41-20-10-12-22(32)21(16-20)29-28(19-9-11-23(33)25(15-19)42-14-8-13-37(5)6)35-24(18-34-29)30(40)36-26(17-27(38)39)31(2,3)4/h9-12,15-16,18,26H,7-8,13-14,17H2,1-6H3,(H,36,40)(H,38,39)/t26-/m0/s1. The number of hydrogen-bond donors (Lipinski definition) is 2. The van der Waals surface area contributed by atoms with Gasteiger partial charge in [-0.05, 0) is 63.2 Å². The molecule has 1 heterocycles. The van der Waals surface area contributed by atoms with Crippen LogP contribution in [0.2, 0.25) is 10.0 Å². The van der Waals surface area contributed by atoms with Gasteiger partial charge in [-0.15, -0.1) is 0 Å². The molecule has 0 spiro atoms. The molecule has 9 nitrogen and oxygen atoms in total. The second kappa shape index (κ2) is 14.7. The monoisotopic (exact) mass is 616 g/mol. The summed E-state index contributed by atoms with van der Waals surface area (Å²) in [6.07, 6.45) is 1.92. The molecule has 11 heteroatoms. The predicted molar refractivity (Wildman–Crippen MR) is 166 cm³/mol. The second-order valence-corrected chi connectivity index (χ2v) is 12.0. The summed E-state index contributed by atoms with van der Waals surface area (Å²) >= 11 is 13.1. The molecule has 0 aliphatic heterocycles. The Kier molecular flexibility index (Phi) is 11.6. The summed E-state index contributed by atoms with van der Waals surface area (Å²) < 4.78 is 11.7. The lowest BCUT2D eigenvalue weighted by molar-refractivity contribution is -0.138. The van der Waals surface area contributed by atoms with Crippen LogP contribution in [0.3, 0.4) is 0 Å². The first-order chi connectivity index (χ1) is 19.8. The number of ether oxygens (including phenoxy) is 2. The molecule has 1 amide bonds. The van der Waals surface area contributed by atoms with E-state index in [9.17, 15) is 14.7 Å². The largest absolute Gasteiger partial charge is 0.494 e. The van der Waals surface area contributed by atoms with Crippen LogP contribution in [0.15, 0.2) is 42.6 Å². The van der Waals surface area contributed by atoms with Crippen molar-refractivity contribution in [2.45, 2.75) is 46.6 Å². The van der Waals surface area contributed by atoms with Crippen LogP contribution in [0.4, 0.5) is 0 Å². The number of aromatic nitrogens is 2. The zero-order chi connectivity index (χ0) is 31.0. The smallest absolute Gasteiger partial charge is 0.305 e. The first-order valence-corrected chi connectivity index (χ1v) is 14.5. The zero-order valence-corrected chi connectivity index (χ0v) is 26.3. The molecule has 0 aliphatic carbocycles. The summed E-state index contributed by atoms with van der Waals surface area (Å²) in [5, 5.41) is 13.1. The van der Waals surface area contributed by atoms with E-state index >= 15 is 0 Å². The van der Waals surface area contributed by atoms with Crippen LogP contribution in [-0.4, -0.2) is 71.7 Å². The third-order valence-corrected chi connectivity index (χ3v) is 7.09. The zero-order valence-electron chi connectivity index (χ0n) is 24.8. The summed E-state index contributed by atoms with van der Waals surface area (Å²) in [6.45, 7) is 9.26. The first kappa shape index (κ1) is 33.1. The van der Waals surface area contributed by atoms with Gasteiger partial charge in [0.1, 0.15) is 17.2 Å². The molecule has 0 radical (unpaired) electrons. The molecule has 226 valence electrons. The average Bonchev–Trinajstić information content (AvgIpc) is 2.91. The molecule has 0 unspecified atom stereocenters. The van der Waals surface area contributed by atoms with Gasteiger partial charge in [0.05, 0.1) is 47.3 Å². The summed E-state index contributed by atoms with van der Waals surface area (Å²) in [6, 6.07) is 9.86. The highest BCUT2D eigenvalue weighted by atomic mass is 35.5. The lowest BCUT2D eigenvalue weighted by Crippen LogP contribution is -2.45. The number of nitrogens with one attached hydrogen (secondary N) is 1. The molecule has 1 aromatic heterocycles. The number of rotatable bonds is 13. The molecule has 0 fully saturated rings. The molecule has 3 aromatic rings. The van der Waals surface area contributed by atoms with Gasteiger partial charge in [0, 0.05) is 23.7 Å². The van der Waals surface area contributed by atoms with E-state index in [4.69, 9.17) is 37.7 Å². The van der Waals surface area contributed by atoms with Gasteiger partial charge in [-0.2, -0.15) is 0 Å². The summed E-state index contributed by atoms with van der Waals surface area (Å²) in [4.78, 5) is 36.3. The molecular weight excluding hydrogens is 579 g/mol. The van der Waals surface area contributed by atoms with E-state index in [0.717, 1.165) is 13.0 Å². The van der Waals surface area contributed by atoms with E-state index in [1.54, 1.807) is 36.4 Å². The Hall–Kier alpha value is -3.40. The van der Waals surface area contributed by atoms with Crippen LogP contribution in [0.5, 0.6) is 11.5 Å².